The van der Waals surface area contributed by atoms with Gasteiger partial charge in [0.25, 0.3) is 0 Å². The van der Waals surface area contributed by atoms with Crippen LogP contribution in [0.5, 0.6) is 0 Å². The Bertz CT molecular complexity index is 277. The minimum absolute atomic E-state index is 0.771. The van der Waals surface area contributed by atoms with Crippen molar-refractivity contribution < 1.29 is 4.84 Å². The van der Waals surface area contributed by atoms with Crippen molar-refractivity contribution in [1.82, 2.24) is 0 Å². The van der Waals surface area contributed by atoms with E-state index in [-0.39, 0.29) is 0 Å². The maximum Gasteiger partial charge on any atom is 0.120 e. The largest absolute Gasteiger partial charge is 0.396 e. The summed E-state index contributed by atoms with van der Waals surface area (Å²) < 4.78 is 0. The van der Waals surface area contributed by atoms with Gasteiger partial charge in [0, 0.05) is 0 Å². The Labute approximate surface area is 78.2 Å². The van der Waals surface area contributed by atoms with Gasteiger partial charge in [-0.15, -0.1) is 0 Å². The van der Waals surface area contributed by atoms with Crippen molar-refractivity contribution in [1.29, 1.82) is 0 Å². The van der Waals surface area contributed by atoms with E-state index in [9.17, 15) is 0 Å². The van der Waals surface area contributed by atoms with Gasteiger partial charge in [0.05, 0.1) is 6.21 Å². The van der Waals surface area contributed by atoms with Crippen LogP contribution in [0.2, 0.25) is 0 Å². The number of benzene rings is 1. The lowest BCUT2D eigenvalue weighted by Gasteiger charge is -1.94. The Morgan fingerprint density at radius 2 is 2.08 bits per heavy atom. The molecule has 0 N–H and O–H groups in total. The van der Waals surface area contributed by atoms with E-state index in [0.717, 1.165) is 18.1 Å². The third-order valence-electron chi connectivity index (χ3n) is 2.08. The van der Waals surface area contributed by atoms with Crippen molar-refractivity contribution in [3.05, 3.63) is 35.9 Å². The van der Waals surface area contributed by atoms with Crippen LogP contribution in [0.25, 0.3) is 0 Å². The molecule has 2 nitrogen and oxygen atoms in total. The van der Waals surface area contributed by atoms with Crippen molar-refractivity contribution >= 4 is 6.21 Å². The summed E-state index contributed by atoms with van der Waals surface area (Å²) in [6.07, 6.45) is 4.37. The van der Waals surface area contributed by atoms with Crippen LogP contribution in [0.3, 0.4) is 0 Å². The Morgan fingerprint density at radius 3 is 2.77 bits per heavy atom. The lowest BCUT2D eigenvalue weighted by molar-refractivity contribution is 0.135. The third kappa shape index (κ3) is 2.90. The lowest BCUT2D eigenvalue weighted by Crippen LogP contribution is -1.89. The second kappa shape index (κ2) is 4.08. The van der Waals surface area contributed by atoms with Gasteiger partial charge in [0.15, 0.2) is 0 Å². The summed E-state index contributed by atoms with van der Waals surface area (Å²) in [5.74, 6) is 0.771. The fourth-order valence-corrected chi connectivity index (χ4v) is 1.07. The first kappa shape index (κ1) is 8.30. The second-order valence-corrected chi connectivity index (χ2v) is 3.38. The van der Waals surface area contributed by atoms with E-state index in [1.54, 1.807) is 6.21 Å². The van der Waals surface area contributed by atoms with Crippen molar-refractivity contribution in [2.45, 2.75) is 12.8 Å². The molecule has 0 unspecified atom stereocenters. The molecular formula is C11H13NO. The summed E-state index contributed by atoms with van der Waals surface area (Å²) in [6.45, 7) is 0.781. The van der Waals surface area contributed by atoms with Gasteiger partial charge in [0.1, 0.15) is 6.61 Å². The zero-order valence-corrected chi connectivity index (χ0v) is 7.52. The number of hydrogen-bond donors (Lipinski definition) is 0. The number of rotatable bonds is 4. The molecule has 1 saturated carbocycles. The van der Waals surface area contributed by atoms with E-state index in [4.69, 9.17) is 4.84 Å². The molecule has 68 valence electrons. The van der Waals surface area contributed by atoms with Gasteiger partial charge in [-0.05, 0) is 24.3 Å². The third-order valence-corrected chi connectivity index (χ3v) is 2.08. The highest BCUT2D eigenvalue weighted by molar-refractivity contribution is 5.78. The lowest BCUT2D eigenvalue weighted by atomic mass is 10.2. The van der Waals surface area contributed by atoms with Crippen LogP contribution in [0.1, 0.15) is 18.4 Å². The zero-order chi connectivity index (χ0) is 8.93. The van der Waals surface area contributed by atoms with Gasteiger partial charge in [-0.25, -0.2) is 0 Å². The van der Waals surface area contributed by atoms with Crippen molar-refractivity contribution in [2.75, 3.05) is 6.61 Å². The molecule has 0 aromatic heterocycles. The van der Waals surface area contributed by atoms with Crippen LogP contribution in [-0.2, 0) is 4.84 Å². The predicted octanol–water partition coefficient (Wildman–Crippen LogP) is 2.45. The fourth-order valence-electron chi connectivity index (χ4n) is 1.07. The molecule has 2 rings (SSSR count). The van der Waals surface area contributed by atoms with Crippen LogP contribution in [0, 0.1) is 5.92 Å². The Kier molecular flexibility index (Phi) is 2.60. The average Bonchev–Trinajstić information content (AvgIpc) is 2.98. The highest BCUT2D eigenvalue weighted by Crippen LogP contribution is 2.28. The SMILES string of the molecule is C(=N\OCC1CC1)/c1ccccc1. The number of oxime groups is 1. The Balaban J connectivity index is 1.76. The standard InChI is InChI=1S/C11H13NO/c1-2-4-10(5-3-1)8-12-13-9-11-6-7-11/h1-5,8,11H,6-7,9H2/b12-8+. The molecule has 1 aliphatic carbocycles. The maximum atomic E-state index is 5.13. The topological polar surface area (TPSA) is 21.6 Å². The first-order valence-corrected chi connectivity index (χ1v) is 4.65. The molecule has 0 radical (unpaired) electrons. The van der Waals surface area contributed by atoms with Crippen LogP contribution >= 0.6 is 0 Å². The molecule has 1 aromatic rings. The van der Waals surface area contributed by atoms with Gasteiger partial charge in [-0.2, -0.15) is 0 Å². The van der Waals surface area contributed by atoms with Gasteiger partial charge in [-0.1, -0.05) is 35.5 Å². The Morgan fingerprint density at radius 1 is 1.31 bits per heavy atom. The van der Waals surface area contributed by atoms with Crippen molar-refractivity contribution in [2.24, 2.45) is 11.1 Å². The van der Waals surface area contributed by atoms with Crippen molar-refractivity contribution in [3.8, 4) is 0 Å². The number of hydrogen-bond acceptors (Lipinski definition) is 2. The normalized spacial score (nSPS) is 16.3. The predicted molar refractivity (Wildman–Crippen MR) is 52.7 cm³/mol. The molecule has 0 amide bonds. The molecule has 0 heterocycles. The van der Waals surface area contributed by atoms with E-state index in [1.807, 2.05) is 30.3 Å². The summed E-state index contributed by atoms with van der Waals surface area (Å²) >= 11 is 0. The highest BCUT2D eigenvalue weighted by Gasteiger charge is 2.21. The van der Waals surface area contributed by atoms with E-state index in [0.29, 0.717) is 0 Å². The molecular weight excluding hydrogens is 162 g/mol. The van der Waals surface area contributed by atoms with Crippen LogP contribution in [-0.4, -0.2) is 12.8 Å². The van der Waals surface area contributed by atoms with Gasteiger partial charge in [0.2, 0.25) is 0 Å². The van der Waals surface area contributed by atoms with Crippen LogP contribution < -0.4 is 0 Å². The molecule has 0 saturated heterocycles. The van der Waals surface area contributed by atoms with Gasteiger partial charge < -0.3 is 4.84 Å². The van der Waals surface area contributed by atoms with Gasteiger partial charge in [-0.3, -0.25) is 0 Å². The summed E-state index contributed by atoms with van der Waals surface area (Å²) in [6, 6.07) is 9.97. The van der Waals surface area contributed by atoms with Crippen LogP contribution in [0.15, 0.2) is 35.5 Å². The van der Waals surface area contributed by atoms with Crippen molar-refractivity contribution in [3.63, 3.8) is 0 Å². The highest BCUT2D eigenvalue weighted by atomic mass is 16.6. The minimum atomic E-state index is 0.771. The second-order valence-electron chi connectivity index (χ2n) is 3.38. The Hall–Kier alpha value is -1.31. The molecule has 0 bridgehead atoms. The first-order valence-electron chi connectivity index (χ1n) is 4.65. The summed E-state index contributed by atoms with van der Waals surface area (Å²) in [5, 5.41) is 3.90. The van der Waals surface area contributed by atoms with E-state index in [1.165, 1.54) is 12.8 Å². The summed E-state index contributed by atoms with van der Waals surface area (Å²) in [7, 11) is 0. The molecule has 13 heavy (non-hydrogen) atoms. The van der Waals surface area contributed by atoms with E-state index >= 15 is 0 Å². The molecule has 0 atom stereocenters. The minimum Gasteiger partial charge on any atom is -0.396 e. The monoisotopic (exact) mass is 175 g/mol. The van der Waals surface area contributed by atoms with Crippen LogP contribution in [0.4, 0.5) is 0 Å². The quantitative estimate of drug-likeness (QED) is 0.508. The summed E-state index contributed by atoms with van der Waals surface area (Å²) in [5.41, 5.74) is 1.08. The molecule has 1 aliphatic rings. The zero-order valence-electron chi connectivity index (χ0n) is 7.52. The number of nitrogens with zero attached hydrogens (tertiary/aromatic N) is 1. The maximum absolute atomic E-state index is 5.13. The van der Waals surface area contributed by atoms with Gasteiger partial charge >= 0.3 is 0 Å². The first-order chi connectivity index (χ1) is 6.45. The molecule has 1 fully saturated rings. The fraction of sp³-hybridized carbons (Fsp3) is 0.364. The molecule has 1 aromatic carbocycles. The summed E-state index contributed by atoms with van der Waals surface area (Å²) in [4.78, 5) is 5.13. The smallest absolute Gasteiger partial charge is 0.120 e. The van der Waals surface area contributed by atoms with E-state index < -0.39 is 0 Å². The average molecular weight is 175 g/mol. The molecule has 0 spiro atoms. The molecule has 2 heteroatoms. The molecule has 0 aliphatic heterocycles. The van der Waals surface area contributed by atoms with E-state index in [2.05, 4.69) is 5.16 Å².